The zero-order valence-electron chi connectivity index (χ0n) is 7.34. The highest BCUT2D eigenvalue weighted by atomic mass is 32.1. The van der Waals surface area contributed by atoms with Crippen LogP contribution in [0, 0.1) is 0 Å². The zero-order valence-corrected chi connectivity index (χ0v) is 8.16. The van der Waals surface area contributed by atoms with Gasteiger partial charge in [0.25, 0.3) is 0 Å². The average Bonchev–Trinajstić information content (AvgIpc) is 2.60. The summed E-state index contributed by atoms with van der Waals surface area (Å²) in [6.45, 7) is 2.86. The summed E-state index contributed by atoms with van der Waals surface area (Å²) in [5.41, 5.74) is 6.93. The highest BCUT2D eigenvalue weighted by Crippen LogP contribution is 2.30. The van der Waals surface area contributed by atoms with Gasteiger partial charge < -0.3 is 5.73 Å². The second-order valence-corrected chi connectivity index (χ2v) is 4.53. The molecule has 2 nitrogen and oxygen atoms in total. The Kier molecular flexibility index (Phi) is 2.15. The van der Waals surface area contributed by atoms with Crippen LogP contribution < -0.4 is 5.73 Å². The molecule has 0 spiro atoms. The predicted molar refractivity (Wildman–Crippen MR) is 51.6 cm³/mol. The zero-order chi connectivity index (χ0) is 8.55. The van der Waals surface area contributed by atoms with Gasteiger partial charge in [-0.25, -0.2) is 4.98 Å². The van der Waals surface area contributed by atoms with Crippen LogP contribution in [0.4, 0.5) is 0 Å². The minimum atomic E-state index is 0.445. The van der Waals surface area contributed by atoms with E-state index in [1.807, 2.05) is 11.3 Å². The van der Waals surface area contributed by atoms with Gasteiger partial charge >= 0.3 is 0 Å². The van der Waals surface area contributed by atoms with Gasteiger partial charge in [-0.2, -0.15) is 0 Å². The Hall–Kier alpha value is -0.410. The van der Waals surface area contributed by atoms with Crippen molar-refractivity contribution in [2.45, 2.75) is 32.1 Å². The van der Waals surface area contributed by atoms with Gasteiger partial charge in [0.15, 0.2) is 0 Å². The summed E-state index contributed by atoms with van der Waals surface area (Å²) in [5.74, 6) is 0.445. The maximum Gasteiger partial charge on any atom is 0.0971 e. The van der Waals surface area contributed by atoms with Crippen molar-refractivity contribution >= 4 is 11.3 Å². The summed E-state index contributed by atoms with van der Waals surface area (Å²) in [7, 11) is 0. The second-order valence-electron chi connectivity index (χ2n) is 3.41. The fourth-order valence-electron chi connectivity index (χ4n) is 1.52. The molecule has 3 heteroatoms. The number of hydrogen-bond donors (Lipinski definition) is 1. The Balaban J connectivity index is 2.25. The normalized spacial score (nSPS) is 17.8. The van der Waals surface area contributed by atoms with Crippen LogP contribution >= 0.6 is 11.3 Å². The molecule has 0 fully saturated rings. The molecular weight excluding hydrogens is 168 g/mol. The standard InChI is InChI=1S/C9H14N2S/c1-6(5-10)9-11-7-3-2-4-8(7)12-9/h6H,2-5,10H2,1H3. The van der Waals surface area contributed by atoms with Gasteiger partial charge in [-0.15, -0.1) is 11.3 Å². The van der Waals surface area contributed by atoms with E-state index in [1.54, 1.807) is 0 Å². The number of fused-ring (bicyclic) bond motifs is 1. The topological polar surface area (TPSA) is 38.9 Å². The molecule has 2 N–H and O–H groups in total. The van der Waals surface area contributed by atoms with Crippen molar-refractivity contribution in [3.8, 4) is 0 Å². The molecule has 0 aromatic carbocycles. The van der Waals surface area contributed by atoms with E-state index in [4.69, 9.17) is 5.73 Å². The first kappa shape index (κ1) is 8.20. The van der Waals surface area contributed by atoms with Crippen molar-refractivity contribution in [2.75, 3.05) is 6.54 Å². The molecule has 0 saturated carbocycles. The first-order chi connectivity index (χ1) is 5.81. The van der Waals surface area contributed by atoms with Crippen molar-refractivity contribution in [3.63, 3.8) is 0 Å². The van der Waals surface area contributed by atoms with Crippen LogP contribution in [0.5, 0.6) is 0 Å². The van der Waals surface area contributed by atoms with Crippen LogP contribution in [-0.4, -0.2) is 11.5 Å². The molecule has 1 atom stereocenters. The molecular formula is C9H14N2S. The molecule has 2 rings (SSSR count). The number of hydrogen-bond acceptors (Lipinski definition) is 3. The quantitative estimate of drug-likeness (QED) is 0.756. The summed E-state index contributed by atoms with van der Waals surface area (Å²) in [4.78, 5) is 6.10. The van der Waals surface area contributed by atoms with E-state index < -0.39 is 0 Å². The van der Waals surface area contributed by atoms with Gasteiger partial charge in [0, 0.05) is 17.3 Å². The monoisotopic (exact) mass is 182 g/mol. The van der Waals surface area contributed by atoms with E-state index in [0.717, 1.165) is 0 Å². The number of nitrogens with zero attached hydrogens (tertiary/aromatic N) is 1. The lowest BCUT2D eigenvalue weighted by molar-refractivity contribution is 0.758. The van der Waals surface area contributed by atoms with Crippen LogP contribution in [0.3, 0.4) is 0 Å². The minimum absolute atomic E-state index is 0.445. The number of aryl methyl sites for hydroxylation is 2. The smallest absolute Gasteiger partial charge is 0.0971 e. The van der Waals surface area contributed by atoms with Gasteiger partial charge in [-0.1, -0.05) is 6.92 Å². The van der Waals surface area contributed by atoms with E-state index >= 15 is 0 Å². The molecule has 0 saturated heterocycles. The molecule has 1 unspecified atom stereocenters. The number of thiazole rings is 1. The van der Waals surface area contributed by atoms with Gasteiger partial charge in [0.1, 0.15) is 0 Å². The van der Waals surface area contributed by atoms with E-state index in [-0.39, 0.29) is 0 Å². The summed E-state index contributed by atoms with van der Waals surface area (Å²) in [5, 5.41) is 1.24. The minimum Gasteiger partial charge on any atom is -0.330 e. The molecule has 1 aromatic rings. The first-order valence-electron chi connectivity index (χ1n) is 4.50. The largest absolute Gasteiger partial charge is 0.330 e. The summed E-state index contributed by atoms with van der Waals surface area (Å²) >= 11 is 1.86. The van der Waals surface area contributed by atoms with Crippen molar-refractivity contribution < 1.29 is 0 Å². The maximum atomic E-state index is 5.59. The molecule has 1 aromatic heterocycles. The number of nitrogens with two attached hydrogens (primary N) is 1. The van der Waals surface area contributed by atoms with Gasteiger partial charge in [-0.05, 0) is 19.3 Å². The van der Waals surface area contributed by atoms with Crippen molar-refractivity contribution in [1.82, 2.24) is 4.98 Å². The Morgan fingerprint density at radius 2 is 2.42 bits per heavy atom. The maximum absolute atomic E-state index is 5.59. The van der Waals surface area contributed by atoms with Crippen molar-refractivity contribution in [3.05, 3.63) is 15.6 Å². The Morgan fingerprint density at radius 1 is 1.58 bits per heavy atom. The summed E-state index contributed by atoms with van der Waals surface area (Å²) in [6.07, 6.45) is 3.72. The third-order valence-corrected chi connectivity index (χ3v) is 3.78. The lowest BCUT2D eigenvalue weighted by Crippen LogP contribution is -2.08. The Labute approximate surface area is 76.8 Å². The molecule has 66 valence electrons. The molecule has 0 aliphatic heterocycles. The average molecular weight is 182 g/mol. The lowest BCUT2D eigenvalue weighted by atomic mass is 10.2. The molecule has 1 aliphatic carbocycles. The Bertz CT molecular complexity index is 259. The third-order valence-electron chi connectivity index (χ3n) is 2.39. The molecule has 0 bridgehead atoms. The fourth-order valence-corrected chi connectivity index (χ4v) is 2.74. The summed E-state index contributed by atoms with van der Waals surface area (Å²) < 4.78 is 0. The first-order valence-corrected chi connectivity index (χ1v) is 5.31. The van der Waals surface area contributed by atoms with Crippen LogP contribution in [0.25, 0.3) is 0 Å². The SMILES string of the molecule is CC(CN)c1nc2c(s1)CCC2. The molecule has 12 heavy (non-hydrogen) atoms. The second kappa shape index (κ2) is 3.15. The highest BCUT2D eigenvalue weighted by Gasteiger charge is 2.18. The summed E-state index contributed by atoms with van der Waals surface area (Å²) in [6, 6.07) is 0. The Morgan fingerprint density at radius 3 is 3.08 bits per heavy atom. The predicted octanol–water partition coefficient (Wildman–Crippen LogP) is 1.69. The third kappa shape index (κ3) is 1.27. The van der Waals surface area contributed by atoms with Gasteiger partial charge in [0.05, 0.1) is 10.7 Å². The van der Waals surface area contributed by atoms with E-state index in [9.17, 15) is 0 Å². The van der Waals surface area contributed by atoms with Gasteiger partial charge in [-0.3, -0.25) is 0 Å². The number of rotatable bonds is 2. The van der Waals surface area contributed by atoms with E-state index in [1.165, 1.54) is 34.8 Å². The highest BCUT2D eigenvalue weighted by molar-refractivity contribution is 7.11. The van der Waals surface area contributed by atoms with E-state index in [2.05, 4.69) is 11.9 Å². The van der Waals surface area contributed by atoms with Crippen LogP contribution in [-0.2, 0) is 12.8 Å². The number of aromatic nitrogens is 1. The van der Waals surface area contributed by atoms with E-state index in [0.29, 0.717) is 12.5 Å². The van der Waals surface area contributed by atoms with Gasteiger partial charge in [0.2, 0.25) is 0 Å². The molecule has 1 aliphatic rings. The lowest BCUT2D eigenvalue weighted by Gasteiger charge is -2.02. The molecule has 0 radical (unpaired) electrons. The van der Waals surface area contributed by atoms with Crippen LogP contribution in [0.1, 0.15) is 34.8 Å². The van der Waals surface area contributed by atoms with Crippen molar-refractivity contribution in [2.24, 2.45) is 5.73 Å². The fraction of sp³-hybridized carbons (Fsp3) is 0.667. The van der Waals surface area contributed by atoms with Crippen LogP contribution in [0.2, 0.25) is 0 Å². The molecule has 0 amide bonds. The molecule has 1 heterocycles. The van der Waals surface area contributed by atoms with Crippen molar-refractivity contribution in [1.29, 1.82) is 0 Å². The van der Waals surface area contributed by atoms with Crippen LogP contribution in [0.15, 0.2) is 0 Å².